The Labute approximate surface area is 70.9 Å². The van der Waals surface area contributed by atoms with Gasteiger partial charge in [0, 0.05) is 6.04 Å². The Bertz CT molecular complexity index is 228. The van der Waals surface area contributed by atoms with Gasteiger partial charge in [0.15, 0.2) is 5.82 Å². The van der Waals surface area contributed by atoms with Crippen molar-refractivity contribution in [2.45, 2.75) is 38.3 Å². The van der Waals surface area contributed by atoms with Crippen LogP contribution < -0.4 is 5.32 Å². The Morgan fingerprint density at radius 2 is 2.42 bits per heavy atom. The summed E-state index contributed by atoms with van der Waals surface area (Å²) in [4.78, 5) is 0. The third-order valence-electron chi connectivity index (χ3n) is 2.34. The molecule has 1 aromatic rings. The lowest BCUT2D eigenvalue weighted by Gasteiger charge is -2.28. The Kier molecular flexibility index (Phi) is 2.03. The minimum absolute atomic E-state index is 0.217. The van der Waals surface area contributed by atoms with Crippen LogP contribution >= 0.6 is 0 Å². The van der Waals surface area contributed by atoms with Gasteiger partial charge < -0.3 is 5.32 Å². The molecule has 1 saturated carbocycles. The topological polar surface area (TPSA) is 66.5 Å². The summed E-state index contributed by atoms with van der Waals surface area (Å²) in [5.74, 6) is 0.752. The van der Waals surface area contributed by atoms with E-state index >= 15 is 0 Å². The highest BCUT2D eigenvalue weighted by Gasteiger charge is 2.21. The average Bonchev–Trinajstić information content (AvgIpc) is 2.47. The van der Waals surface area contributed by atoms with Crippen LogP contribution in [0.2, 0.25) is 0 Å². The molecule has 2 N–H and O–H groups in total. The largest absolute Gasteiger partial charge is 0.305 e. The fourth-order valence-electron chi connectivity index (χ4n) is 1.36. The lowest BCUT2D eigenvalue weighted by atomic mass is 9.92. The molecule has 0 spiro atoms. The second-order valence-electron chi connectivity index (χ2n) is 3.29. The Morgan fingerprint density at radius 1 is 1.58 bits per heavy atom. The zero-order valence-electron chi connectivity index (χ0n) is 7.12. The quantitative estimate of drug-likeness (QED) is 0.684. The van der Waals surface area contributed by atoms with Gasteiger partial charge in [-0.25, -0.2) is 0 Å². The van der Waals surface area contributed by atoms with E-state index in [-0.39, 0.29) is 6.04 Å². The van der Waals surface area contributed by atoms with Crippen molar-refractivity contribution in [3.05, 3.63) is 5.82 Å². The molecule has 1 unspecified atom stereocenters. The highest BCUT2D eigenvalue weighted by molar-refractivity contribution is 4.89. The zero-order chi connectivity index (χ0) is 8.39. The highest BCUT2D eigenvalue weighted by atomic mass is 15.5. The van der Waals surface area contributed by atoms with Crippen LogP contribution in [0.15, 0.2) is 0 Å². The van der Waals surface area contributed by atoms with Gasteiger partial charge in [-0.1, -0.05) is 11.6 Å². The molecule has 0 aromatic carbocycles. The SMILES string of the molecule is CC(NC1CCC1)c1nn[nH]n1. The average molecular weight is 167 g/mol. The van der Waals surface area contributed by atoms with Crippen molar-refractivity contribution >= 4 is 0 Å². The van der Waals surface area contributed by atoms with Crippen LogP contribution in [0, 0.1) is 0 Å². The minimum Gasteiger partial charge on any atom is -0.305 e. The van der Waals surface area contributed by atoms with Crippen molar-refractivity contribution in [2.24, 2.45) is 0 Å². The second kappa shape index (κ2) is 3.18. The molecule has 0 saturated heterocycles. The van der Waals surface area contributed by atoms with E-state index in [1.165, 1.54) is 19.3 Å². The van der Waals surface area contributed by atoms with E-state index in [1.807, 2.05) is 0 Å². The van der Waals surface area contributed by atoms with Crippen molar-refractivity contribution in [1.82, 2.24) is 25.9 Å². The monoisotopic (exact) mass is 167 g/mol. The van der Waals surface area contributed by atoms with Crippen LogP contribution in [0.25, 0.3) is 0 Å². The van der Waals surface area contributed by atoms with E-state index in [0.717, 1.165) is 5.82 Å². The predicted octanol–water partition coefficient (Wildman–Crippen LogP) is 0.403. The summed E-state index contributed by atoms with van der Waals surface area (Å²) in [6.07, 6.45) is 3.90. The van der Waals surface area contributed by atoms with Gasteiger partial charge >= 0.3 is 0 Å². The van der Waals surface area contributed by atoms with Crippen molar-refractivity contribution in [2.75, 3.05) is 0 Å². The lowest BCUT2D eigenvalue weighted by molar-refractivity contribution is 0.308. The summed E-state index contributed by atoms with van der Waals surface area (Å²) in [6.45, 7) is 2.06. The molecule has 5 heteroatoms. The van der Waals surface area contributed by atoms with Crippen LogP contribution in [0.1, 0.15) is 38.1 Å². The first-order valence-electron chi connectivity index (χ1n) is 4.35. The summed E-state index contributed by atoms with van der Waals surface area (Å²) >= 11 is 0. The van der Waals surface area contributed by atoms with E-state index in [1.54, 1.807) is 0 Å². The second-order valence-corrected chi connectivity index (χ2v) is 3.29. The Balaban J connectivity index is 1.87. The van der Waals surface area contributed by atoms with Gasteiger partial charge in [-0.3, -0.25) is 0 Å². The summed E-state index contributed by atoms with van der Waals surface area (Å²) < 4.78 is 0. The molecule has 66 valence electrons. The normalized spacial score (nSPS) is 20.4. The fourth-order valence-corrected chi connectivity index (χ4v) is 1.36. The van der Waals surface area contributed by atoms with Gasteiger partial charge in [0.2, 0.25) is 0 Å². The molecule has 1 aliphatic rings. The maximum atomic E-state index is 3.92. The number of rotatable bonds is 3. The molecule has 1 heterocycles. The first-order valence-corrected chi connectivity index (χ1v) is 4.35. The minimum atomic E-state index is 0.217. The number of aromatic amines is 1. The summed E-state index contributed by atoms with van der Waals surface area (Å²) in [7, 11) is 0. The number of nitrogens with one attached hydrogen (secondary N) is 2. The van der Waals surface area contributed by atoms with Gasteiger partial charge in [-0.2, -0.15) is 5.21 Å². The molecule has 0 aliphatic heterocycles. The molecular formula is C7H13N5. The molecule has 2 rings (SSSR count). The number of H-pyrrole nitrogens is 1. The Morgan fingerprint density at radius 3 is 2.92 bits per heavy atom. The maximum absolute atomic E-state index is 3.92. The van der Waals surface area contributed by atoms with Crippen LogP contribution in [0.4, 0.5) is 0 Å². The van der Waals surface area contributed by atoms with E-state index in [9.17, 15) is 0 Å². The molecule has 0 bridgehead atoms. The third kappa shape index (κ3) is 1.45. The number of tetrazole rings is 1. The van der Waals surface area contributed by atoms with Gasteiger partial charge in [-0.15, -0.1) is 10.2 Å². The molecule has 1 aromatic heterocycles. The molecular weight excluding hydrogens is 154 g/mol. The smallest absolute Gasteiger partial charge is 0.191 e. The van der Waals surface area contributed by atoms with Crippen LogP contribution in [0.3, 0.4) is 0 Å². The molecule has 0 amide bonds. The van der Waals surface area contributed by atoms with Crippen molar-refractivity contribution < 1.29 is 0 Å². The first kappa shape index (κ1) is 7.67. The summed E-state index contributed by atoms with van der Waals surface area (Å²) in [5, 5.41) is 17.2. The maximum Gasteiger partial charge on any atom is 0.191 e. The third-order valence-corrected chi connectivity index (χ3v) is 2.34. The number of hydrogen-bond donors (Lipinski definition) is 2. The molecule has 1 fully saturated rings. The number of hydrogen-bond acceptors (Lipinski definition) is 4. The first-order chi connectivity index (χ1) is 5.86. The fraction of sp³-hybridized carbons (Fsp3) is 0.857. The molecule has 12 heavy (non-hydrogen) atoms. The van der Waals surface area contributed by atoms with Gasteiger partial charge in [-0.05, 0) is 19.8 Å². The standard InChI is InChI=1S/C7H13N5/c1-5(7-9-11-12-10-7)8-6-3-2-4-6/h5-6,8H,2-4H2,1H3,(H,9,10,11,12). The van der Waals surface area contributed by atoms with E-state index in [0.29, 0.717) is 6.04 Å². The number of aromatic nitrogens is 4. The van der Waals surface area contributed by atoms with Crippen molar-refractivity contribution in [3.8, 4) is 0 Å². The zero-order valence-corrected chi connectivity index (χ0v) is 7.12. The van der Waals surface area contributed by atoms with Gasteiger partial charge in [0.25, 0.3) is 0 Å². The van der Waals surface area contributed by atoms with E-state index < -0.39 is 0 Å². The molecule has 0 radical (unpaired) electrons. The van der Waals surface area contributed by atoms with E-state index in [2.05, 4.69) is 32.9 Å². The van der Waals surface area contributed by atoms with Gasteiger partial charge in [0.1, 0.15) is 0 Å². The molecule has 5 nitrogen and oxygen atoms in total. The summed E-state index contributed by atoms with van der Waals surface area (Å²) in [6, 6.07) is 0.882. The van der Waals surface area contributed by atoms with Gasteiger partial charge in [0.05, 0.1) is 6.04 Å². The molecule has 1 aliphatic carbocycles. The predicted molar refractivity (Wildman–Crippen MR) is 43.4 cm³/mol. The summed E-state index contributed by atoms with van der Waals surface area (Å²) in [5.41, 5.74) is 0. The van der Waals surface area contributed by atoms with Crippen molar-refractivity contribution in [1.29, 1.82) is 0 Å². The highest BCUT2D eigenvalue weighted by Crippen LogP contribution is 2.20. The molecule has 1 atom stereocenters. The van der Waals surface area contributed by atoms with E-state index in [4.69, 9.17) is 0 Å². The van der Waals surface area contributed by atoms with Crippen molar-refractivity contribution in [3.63, 3.8) is 0 Å². The lowest BCUT2D eigenvalue weighted by Crippen LogP contribution is -2.37. The van der Waals surface area contributed by atoms with Crippen LogP contribution in [0.5, 0.6) is 0 Å². The van der Waals surface area contributed by atoms with Crippen LogP contribution in [-0.4, -0.2) is 26.7 Å². The Hall–Kier alpha value is -0.970. The number of nitrogens with zero attached hydrogens (tertiary/aromatic N) is 3. The van der Waals surface area contributed by atoms with Crippen LogP contribution in [-0.2, 0) is 0 Å².